The summed E-state index contributed by atoms with van der Waals surface area (Å²) in [7, 11) is 1.52. The van der Waals surface area contributed by atoms with E-state index in [1.807, 2.05) is 0 Å². The molecule has 0 N–H and O–H groups in total. The second-order valence-electron chi connectivity index (χ2n) is 8.39. The normalized spacial score (nSPS) is 14.5. The van der Waals surface area contributed by atoms with E-state index in [-0.39, 0.29) is 23.5 Å². The number of hydrogen-bond acceptors (Lipinski definition) is 5. The number of nitro benzene ring substituents is 1. The van der Waals surface area contributed by atoms with E-state index in [4.69, 9.17) is 16.3 Å². The Kier molecular flexibility index (Phi) is 7.63. The summed E-state index contributed by atoms with van der Waals surface area (Å²) >= 11 is 6.29. The second kappa shape index (κ2) is 10.8. The van der Waals surface area contributed by atoms with Crippen molar-refractivity contribution in [3.05, 3.63) is 98.8 Å². The van der Waals surface area contributed by atoms with E-state index in [1.165, 1.54) is 31.4 Å². The van der Waals surface area contributed by atoms with Gasteiger partial charge in [0.05, 0.1) is 17.6 Å². The number of methoxy groups -OCH3 is 1. The summed E-state index contributed by atoms with van der Waals surface area (Å²) < 4.78 is 19.0. The number of hydrogen-bond donors (Lipinski definition) is 0. The van der Waals surface area contributed by atoms with Crippen LogP contribution in [0.3, 0.4) is 0 Å². The molecule has 0 spiro atoms. The minimum absolute atomic E-state index is 0.00387. The third-order valence-corrected chi connectivity index (χ3v) is 6.59. The van der Waals surface area contributed by atoms with Crippen LogP contribution in [0.5, 0.6) is 5.75 Å². The van der Waals surface area contributed by atoms with Crippen molar-refractivity contribution in [2.24, 2.45) is 0 Å². The zero-order valence-electron chi connectivity index (χ0n) is 19.2. The van der Waals surface area contributed by atoms with E-state index in [2.05, 4.69) is 4.90 Å². The average molecular weight is 498 g/mol. The predicted molar refractivity (Wildman–Crippen MR) is 133 cm³/mol. The number of nitro groups is 1. The highest BCUT2D eigenvalue weighted by atomic mass is 35.5. The zero-order valence-corrected chi connectivity index (χ0v) is 20.0. The topological polar surface area (TPSA) is 75.9 Å². The number of piperidine rings is 1. The Morgan fingerprint density at radius 1 is 1.14 bits per heavy atom. The molecule has 0 bridgehead atoms. The lowest BCUT2D eigenvalue weighted by molar-refractivity contribution is -0.384. The van der Waals surface area contributed by atoms with Crippen molar-refractivity contribution in [2.45, 2.75) is 25.4 Å². The van der Waals surface area contributed by atoms with Gasteiger partial charge in [-0.15, -0.1) is 0 Å². The lowest BCUT2D eigenvalue weighted by Gasteiger charge is -2.39. The standard InChI is InChI=1S/C26H25ClFN3O4/c1-35-25-5-3-2-4-23(25)26(32)30(20-8-6-19(28)7-9-20)21-12-14-29(15-13-21)17-18-16-22(31(33)34)10-11-24(18)27/h2-11,16,21H,12-15,17H2,1H3. The van der Waals surface area contributed by atoms with E-state index in [1.54, 1.807) is 47.4 Å². The number of anilines is 1. The van der Waals surface area contributed by atoms with Crippen molar-refractivity contribution in [3.8, 4) is 5.75 Å². The largest absolute Gasteiger partial charge is 0.496 e. The smallest absolute Gasteiger partial charge is 0.269 e. The fraction of sp³-hybridized carbons (Fsp3) is 0.269. The number of likely N-dealkylation sites (tertiary alicyclic amines) is 1. The first-order valence-corrected chi connectivity index (χ1v) is 11.6. The molecule has 182 valence electrons. The van der Waals surface area contributed by atoms with Crippen molar-refractivity contribution >= 4 is 28.9 Å². The number of benzene rings is 3. The summed E-state index contributed by atoms with van der Waals surface area (Å²) in [6, 6.07) is 17.3. The van der Waals surface area contributed by atoms with Gasteiger partial charge in [-0.1, -0.05) is 23.7 Å². The van der Waals surface area contributed by atoms with Crippen molar-refractivity contribution in [3.63, 3.8) is 0 Å². The quantitative estimate of drug-likeness (QED) is 0.309. The number of rotatable bonds is 7. The molecule has 1 saturated heterocycles. The Hall–Kier alpha value is -3.49. The summed E-state index contributed by atoms with van der Waals surface area (Å²) in [5.41, 5.74) is 1.75. The molecule has 3 aromatic rings. The summed E-state index contributed by atoms with van der Waals surface area (Å²) in [5, 5.41) is 11.6. The van der Waals surface area contributed by atoms with Gasteiger partial charge in [-0.2, -0.15) is 0 Å². The minimum Gasteiger partial charge on any atom is -0.496 e. The van der Waals surface area contributed by atoms with E-state index >= 15 is 0 Å². The van der Waals surface area contributed by atoms with Gasteiger partial charge in [-0.3, -0.25) is 19.8 Å². The average Bonchev–Trinajstić information content (AvgIpc) is 2.87. The number of ether oxygens (including phenoxy) is 1. The first-order chi connectivity index (χ1) is 16.9. The lowest BCUT2D eigenvalue weighted by Crippen LogP contribution is -2.47. The molecule has 0 aliphatic carbocycles. The highest BCUT2D eigenvalue weighted by molar-refractivity contribution is 6.31. The molecule has 0 unspecified atom stereocenters. The molecule has 9 heteroatoms. The van der Waals surface area contributed by atoms with Gasteiger partial charge < -0.3 is 9.64 Å². The maximum Gasteiger partial charge on any atom is 0.269 e. The van der Waals surface area contributed by atoms with E-state index in [0.717, 1.165) is 0 Å². The molecular formula is C26H25ClFN3O4. The number of non-ortho nitro benzene ring substituents is 1. The summed E-state index contributed by atoms with van der Waals surface area (Å²) in [4.78, 5) is 28.3. The van der Waals surface area contributed by atoms with E-state index < -0.39 is 4.92 Å². The second-order valence-corrected chi connectivity index (χ2v) is 8.80. The number of halogens is 2. The molecular weight excluding hydrogens is 473 g/mol. The maximum atomic E-state index is 13.7. The lowest BCUT2D eigenvalue weighted by atomic mass is 9.99. The van der Waals surface area contributed by atoms with Crippen LogP contribution in [0, 0.1) is 15.9 Å². The minimum atomic E-state index is -0.434. The summed E-state index contributed by atoms with van der Waals surface area (Å²) in [6.07, 6.45) is 1.34. The molecule has 1 aliphatic rings. The van der Waals surface area contributed by atoms with Gasteiger partial charge in [0.2, 0.25) is 0 Å². The monoisotopic (exact) mass is 497 g/mol. The SMILES string of the molecule is COc1ccccc1C(=O)N(c1ccc(F)cc1)C1CCN(Cc2cc([N+](=O)[O-])ccc2Cl)CC1. The van der Waals surface area contributed by atoms with Crippen LogP contribution in [0.1, 0.15) is 28.8 Å². The number of para-hydroxylation sites is 1. The van der Waals surface area contributed by atoms with Crippen LogP contribution in [-0.2, 0) is 6.54 Å². The third kappa shape index (κ3) is 5.61. The van der Waals surface area contributed by atoms with Crippen LogP contribution in [0.4, 0.5) is 15.8 Å². The van der Waals surface area contributed by atoms with Crippen LogP contribution >= 0.6 is 11.6 Å². The Labute approximate surface area is 207 Å². The highest BCUT2D eigenvalue weighted by Crippen LogP contribution is 2.30. The Balaban J connectivity index is 1.54. The van der Waals surface area contributed by atoms with Gasteiger partial charge in [0.15, 0.2) is 0 Å². The van der Waals surface area contributed by atoms with Crippen molar-refractivity contribution in [2.75, 3.05) is 25.1 Å². The fourth-order valence-electron chi connectivity index (χ4n) is 4.42. The van der Waals surface area contributed by atoms with E-state index in [9.17, 15) is 19.3 Å². The molecule has 0 atom stereocenters. The molecule has 3 aromatic carbocycles. The van der Waals surface area contributed by atoms with Crippen LogP contribution in [0.15, 0.2) is 66.7 Å². The van der Waals surface area contributed by atoms with Gasteiger partial charge in [-0.25, -0.2) is 4.39 Å². The van der Waals surface area contributed by atoms with Crippen molar-refractivity contribution < 1.29 is 18.8 Å². The Bertz CT molecular complexity index is 1210. The zero-order chi connectivity index (χ0) is 24.9. The molecule has 7 nitrogen and oxygen atoms in total. The van der Waals surface area contributed by atoms with Crippen LogP contribution < -0.4 is 9.64 Å². The molecule has 1 heterocycles. The van der Waals surface area contributed by atoms with Crippen LogP contribution in [-0.4, -0.2) is 42.0 Å². The molecule has 0 aromatic heterocycles. The maximum absolute atomic E-state index is 13.7. The molecule has 35 heavy (non-hydrogen) atoms. The molecule has 1 fully saturated rings. The van der Waals surface area contributed by atoms with Gasteiger partial charge in [0.1, 0.15) is 11.6 Å². The van der Waals surface area contributed by atoms with Gasteiger partial charge >= 0.3 is 0 Å². The molecule has 1 amide bonds. The molecule has 1 aliphatic heterocycles. The van der Waals surface area contributed by atoms with Crippen LogP contribution in [0.25, 0.3) is 0 Å². The fourth-order valence-corrected chi connectivity index (χ4v) is 4.60. The third-order valence-electron chi connectivity index (χ3n) is 6.22. The number of carbonyl (C=O) groups is 1. The Morgan fingerprint density at radius 3 is 2.49 bits per heavy atom. The predicted octanol–water partition coefficient (Wildman–Crippen LogP) is 5.71. The van der Waals surface area contributed by atoms with Gasteiger partial charge in [-0.05, 0) is 60.9 Å². The first-order valence-electron chi connectivity index (χ1n) is 11.2. The summed E-state index contributed by atoms with van der Waals surface area (Å²) in [6.45, 7) is 1.81. The van der Waals surface area contributed by atoms with Crippen LogP contribution in [0.2, 0.25) is 5.02 Å². The Morgan fingerprint density at radius 2 is 1.83 bits per heavy atom. The molecule has 0 saturated carbocycles. The van der Waals surface area contributed by atoms with Gasteiger partial charge in [0, 0.05) is 48.5 Å². The molecule has 4 rings (SSSR count). The number of carbonyl (C=O) groups excluding carboxylic acids is 1. The number of amides is 1. The molecule has 0 radical (unpaired) electrons. The first kappa shape index (κ1) is 24.6. The summed E-state index contributed by atoms with van der Waals surface area (Å²) in [5.74, 6) is -0.112. The van der Waals surface area contributed by atoms with Crippen molar-refractivity contribution in [1.29, 1.82) is 0 Å². The van der Waals surface area contributed by atoms with Gasteiger partial charge in [0.25, 0.3) is 11.6 Å². The number of nitrogens with zero attached hydrogens (tertiary/aromatic N) is 3. The highest BCUT2D eigenvalue weighted by Gasteiger charge is 2.31. The van der Waals surface area contributed by atoms with Crippen molar-refractivity contribution in [1.82, 2.24) is 4.90 Å². The van der Waals surface area contributed by atoms with E-state index in [0.29, 0.717) is 60.1 Å².